The molecule has 1 aliphatic carbocycles. The molecule has 5 nitrogen and oxygen atoms in total. The molecule has 2 aromatic rings. The van der Waals surface area contributed by atoms with Crippen LogP contribution in [0.5, 0.6) is 0 Å². The van der Waals surface area contributed by atoms with Crippen molar-refractivity contribution in [2.45, 2.75) is 36.0 Å². The fourth-order valence-electron chi connectivity index (χ4n) is 4.42. The number of carbonyl (C=O) groups excluding carboxylic acids is 1. The zero-order chi connectivity index (χ0) is 19.2. The number of hydrogen-bond acceptors (Lipinski definition) is 3. The maximum Gasteiger partial charge on any atom is 0.258 e. The highest BCUT2D eigenvalue weighted by molar-refractivity contribution is 7.89. The molecule has 27 heavy (non-hydrogen) atoms. The Morgan fingerprint density at radius 1 is 1.11 bits per heavy atom. The van der Waals surface area contributed by atoms with Crippen molar-refractivity contribution in [3.63, 3.8) is 0 Å². The number of nitrogens with zero attached hydrogens (tertiary/aromatic N) is 1. The van der Waals surface area contributed by atoms with E-state index in [4.69, 9.17) is 0 Å². The third-order valence-electron chi connectivity index (χ3n) is 5.76. The SMILES string of the molecule is CNS(=O)(=O)c1ccc(C(=O)N2CC3(CCCC3)c3c(F)cccc32)cc1. The zero-order valence-electron chi connectivity index (χ0n) is 15.0. The quantitative estimate of drug-likeness (QED) is 0.878. The van der Waals surface area contributed by atoms with Gasteiger partial charge in [0.05, 0.1) is 10.6 Å². The highest BCUT2D eigenvalue weighted by atomic mass is 32.2. The predicted octanol–water partition coefficient (Wildman–Crippen LogP) is 3.21. The third kappa shape index (κ3) is 2.85. The van der Waals surface area contributed by atoms with E-state index in [0.717, 1.165) is 25.7 Å². The first-order valence-electron chi connectivity index (χ1n) is 9.02. The normalized spacial score (nSPS) is 18.1. The van der Waals surface area contributed by atoms with Gasteiger partial charge in [0.2, 0.25) is 10.0 Å². The van der Waals surface area contributed by atoms with Crippen LogP contribution in [0.25, 0.3) is 0 Å². The molecule has 0 aromatic heterocycles. The lowest BCUT2D eigenvalue weighted by molar-refractivity contribution is 0.0985. The van der Waals surface area contributed by atoms with Crippen molar-refractivity contribution >= 4 is 21.6 Å². The second-order valence-electron chi connectivity index (χ2n) is 7.24. The number of nitrogens with one attached hydrogen (secondary N) is 1. The van der Waals surface area contributed by atoms with E-state index in [2.05, 4.69) is 4.72 Å². The van der Waals surface area contributed by atoms with E-state index in [1.807, 2.05) is 0 Å². The van der Waals surface area contributed by atoms with Crippen LogP contribution in [0.1, 0.15) is 41.6 Å². The standard InChI is InChI=1S/C20H21FN2O3S/c1-22-27(25,26)15-9-7-14(8-10-15)19(24)23-13-20(11-2-3-12-20)18-16(21)5-4-6-17(18)23/h4-10,22H,2-3,11-13H2,1H3. The summed E-state index contributed by atoms with van der Waals surface area (Å²) in [4.78, 5) is 14.9. The van der Waals surface area contributed by atoms with Crippen LogP contribution >= 0.6 is 0 Å². The lowest BCUT2D eigenvalue weighted by atomic mass is 9.80. The molecule has 7 heteroatoms. The number of benzene rings is 2. The molecule has 1 spiro atoms. The van der Waals surface area contributed by atoms with E-state index in [9.17, 15) is 17.6 Å². The van der Waals surface area contributed by atoms with Gasteiger partial charge in [0.15, 0.2) is 0 Å². The summed E-state index contributed by atoms with van der Waals surface area (Å²) in [5, 5.41) is 0. The molecule has 1 amide bonds. The Balaban J connectivity index is 1.70. The molecule has 1 fully saturated rings. The Morgan fingerprint density at radius 3 is 2.41 bits per heavy atom. The molecule has 1 N–H and O–H groups in total. The summed E-state index contributed by atoms with van der Waals surface area (Å²) in [6.07, 6.45) is 3.83. The van der Waals surface area contributed by atoms with Gasteiger partial charge in [-0.05, 0) is 56.3 Å². The highest BCUT2D eigenvalue weighted by Crippen LogP contribution is 2.51. The number of halogens is 1. The number of rotatable bonds is 3. The topological polar surface area (TPSA) is 66.5 Å². The van der Waals surface area contributed by atoms with Crippen LogP contribution in [0.2, 0.25) is 0 Å². The third-order valence-corrected chi connectivity index (χ3v) is 7.19. The summed E-state index contributed by atoms with van der Waals surface area (Å²) < 4.78 is 40.6. The molecule has 1 heterocycles. The van der Waals surface area contributed by atoms with E-state index in [0.29, 0.717) is 23.4 Å². The summed E-state index contributed by atoms with van der Waals surface area (Å²) in [5.41, 5.74) is 1.38. The molecule has 0 atom stereocenters. The van der Waals surface area contributed by atoms with Crippen molar-refractivity contribution in [1.82, 2.24) is 4.72 Å². The minimum Gasteiger partial charge on any atom is -0.307 e. The lowest BCUT2D eigenvalue weighted by Crippen LogP contribution is -2.35. The molecule has 0 saturated heterocycles. The van der Waals surface area contributed by atoms with Gasteiger partial charge in [-0.1, -0.05) is 18.9 Å². The first-order valence-corrected chi connectivity index (χ1v) is 10.5. The van der Waals surface area contributed by atoms with Crippen LogP contribution < -0.4 is 9.62 Å². The number of anilines is 1. The van der Waals surface area contributed by atoms with Gasteiger partial charge < -0.3 is 4.90 Å². The van der Waals surface area contributed by atoms with Crippen LogP contribution in [0.3, 0.4) is 0 Å². The van der Waals surface area contributed by atoms with Crippen molar-refractivity contribution in [2.75, 3.05) is 18.5 Å². The van der Waals surface area contributed by atoms with Gasteiger partial charge >= 0.3 is 0 Å². The molecule has 2 aromatic carbocycles. The second-order valence-corrected chi connectivity index (χ2v) is 9.13. The Labute approximate surface area is 158 Å². The van der Waals surface area contributed by atoms with Gasteiger partial charge in [-0.25, -0.2) is 17.5 Å². The van der Waals surface area contributed by atoms with Gasteiger partial charge in [0.1, 0.15) is 5.82 Å². The molecule has 2 aliphatic rings. The Kier molecular flexibility index (Phi) is 4.31. The van der Waals surface area contributed by atoms with Crippen LogP contribution in [0, 0.1) is 5.82 Å². The number of fused-ring (bicyclic) bond motifs is 2. The highest BCUT2D eigenvalue weighted by Gasteiger charge is 2.48. The van der Waals surface area contributed by atoms with Gasteiger partial charge in [-0.15, -0.1) is 0 Å². The van der Waals surface area contributed by atoms with Crippen LogP contribution in [0.4, 0.5) is 10.1 Å². The second kappa shape index (κ2) is 6.42. The molecule has 142 valence electrons. The summed E-state index contributed by atoms with van der Waals surface area (Å²) in [6.45, 7) is 0.471. The van der Waals surface area contributed by atoms with Crippen LogP contribution in [-0.4, -0.2) is 27.9 Å². The van der Waals surface area contributed by atoms with Crippen molar-refractivity contribution in [1.29, 1.82) is 0 Å². The molecule has 1 saturated carbocycles. The predicted molar refractivity (Wildman–Crippen MR) is 101 cm³/mol. The molecule has 0 bridgehead atoms. The van der Waals surface area contributed by atoms with E-state index in [1.54, 1.807) is 17.0 Å². The van der Waals surface area contributed by atoms with Gasteiger partial charge in [0.25, 0.3) is 5.91 Å². The molecule has 4 rings (SSSR count). The maximum atomic E-state index is 14.6. The van der Waals surface area contributed by atoms with Crippen LogP contribution in [-0.2, 0) is 15.4 Å². The molecule has 1 aliphatic heterocycles. The molecule has 0 radical (unpaired) electrons. The fraction of sp³-hybridized carbons (Fsp3) is 0.350. The summed E-state index contributed by atoms with van der Waals surface area (Å²) >= 11 is 0. The lowest BCUT2D eigenvalue weighted by Gasteiger charge is -2.25. The molecular formula is C20H21FN2O3S. The first kappa shape index (κ1) is 18.1. The summed E-state index contributed by atoms with van der Waals surface area (Å²) in [6, 6.07) is 10.7. The average molecular weight is 388 g/mol. The Morgan fingerprint density at radius 2 is 1.78 bits per heavy atom. The van der Waals surface area contributed by atoms with Gasteiger partial charge in [0, 0.05) is 23.1 Å². The van der Waals surface area contributed by atoms with Crippen molar-refractivity contribution in [3.8, 4) is 0 Å². The van der Waals surface area contributed by atoms with Crippen molar-refractivity contribution in [3.05, 3.63) is 59.4 Å². The fourth-order valence-corrected chi connectivity index (χ4v) is 5.15. The minimum atomic E-state index is -3.56. The first-order chi connectivity index (χ1) is 12.9. The molecular weight excluding hydrogens is 367 g/mol. The maximum absolute atomic E-state index is 14.6. The monoisotopic (exact) mass is 388 g/mol. The van der Waals surface area contributed by atoms with E-state index >= 15 is 0 Å². The van der Waals surface area contributed by atoms with Crippen molar-refractivity contribution < 1.29 is 17.6 Å². The van der Waals surface area contributed by atoms with Crippen molar-refractivity contribution in [2.24, 2.45) is 0 Å². The summed E-state index contributed by atoms with van der Waals surface area (Å²) in [7, 11) is -2.22. The number of amides is 1. The van der Waals surface area contributed by atoms with Gasteiger partial charge in [-0.2, -0.15) is 0 Å². The van der Waals surface area contributed by atoms with E-state index in [1.165, 1.54) is 37.4 Å². The molecule has 0 unspecified atom stereocenters. The van der Waals surface area contributed by atoms with Gasteiger partial charge in [-0.3, -0.25) is 4.79 Å². The van der Waals surface area contributed by atoms with E-state index in [-0.39, 0.29) is 22.0 Å². The smallest absolute Gasteiger partial charge is 0.258 e. The Bertz CT molecular complexity index is 996. The Hall–Kier alpha value is -2.25. The zero-order valence-corrected chi connectivity index (χ0v) is 15.9. The van der Waals surface area contributed by atoms with E-state index < -0.39 is 10.0 Å². The summed E-state index contributed by atoms with van der Waals surface area (Å²) in [5.74, 6) is -0.487. The minimum absolute atomic E-state index is 0.0988. The largest absolute Gasteiger partial charge is 0.307 e. The average Bonchev–Trinajstić information content (AvgIpc) is 3.28. The number of sulfonamides is 1. The van der Waals surface area contributed by atoms with Crippen LogP contribution in [0.15, 0.2) is 47.4 Å². The number of hydrogen-bond donors (Lipinski definition) is 1. The number of carbonyl (C=O) groups is 1.